The van der Waals surface area contributed by atoms with Gasteiger partial charge >= 0.3 is 0 Å². The summed E-state index contributed by atoms with van der Waals surface area (Å²) in [6.45, 7) is 0.371. The fraction of sp³-hybridized carbons (Fsp3) is 0.200. The number of aliphatic imine (C=N–C) groups is 1. The maximum atomic E-state index is 11.0. The molecule has 0 saturated carbocycles. The van der Waals surface area contributed by atoms with Gasteiger partial charge in [0.05, 0.1) is 28.1 Å². The van der Waals surface area contributed by atoms with Crippen LogP contribution in [0.5, 0.6) is 5.75 Å². The molecule has 1 aromatic carbocycles. The Morgan fingerprint density at radius 1 is 1.10 bits per heavy atom. The van der Waals surface area contributed by atoms with E-state index in [-0.39, 0.29) is 12.4 Å². The van der Waals surface area contributed by atoms with Crippen LogP contribution >= 0.6 is 23.2 Å². The molecule has 1 N–H and O–H groups in total. The lowest BCUT2D eigenvalue weighted by Gasteiger charge is -2.10. The van der Waals surface area contributed by atoms with Gasteiger partial charge in [-0.2, -0.15) is 0 Å². The Balaban J connectivity index is 2.20. The average Bonchev–Trinajstić information content (AvgIpc) is 2.44. The summed E-state index contributed by atoms with van der Waals surface area (Å²) in [6.07, 6.45) is 6.62. The highest BCUT2D eigenvalue weighted by molar-refractivity contribution is 6.37. The summed E-state index contributed by atoms with van der Waals surface area (Å²) < 4.78 is 5.42. The number of allylic oxidation sites excluding steroid dienone is 4. The fourth-order valence-electron chi connectivity index (χ4n) is 1.66. The molecule has 0 amide bonds. The molecule has 2 rings (SSSR count). The van der Waals surface area contributed by atoms with Gasteiger partial charge in [0, 0.05) is 13.0 Å². The van der Waals surface area contributed by atoms with E-state index in [1.807, 2.05) is 0 Å². The van der Waals surface area contributed by atoms with Crippen LogP contribution in [-0.2, 0) is 4.79 Å². The number of nitrogens with zero attached hydrogens (tertiary/aromatic N) is 1. The van der Waals surface area contributed by atoms with E-state index in [0.29, 0.717) is 40.2 Å². The zero-order valence-corrected chi connectivity index (χ0v) is 12.6. The number of benzene rings is 1. The van der Waals surface area contributed by atoms with Gasteiger partial charge in [0.2, 0.25) is 0 Å². The monoisotopic (exact) mass is 325 g/mol. The second-order valence-electron chi connectivity index (χ2n) is 4.27. The number of ketones is 1. The summed E-state index contributed by atoms with van der Waals surface area (Å²) in [6, 6.07) is 3.26. The SMILES string of the molecule is O=C1C=CC(=Nc2cc(Cl)c(OCCCO)c(Cl)c2)C=C1. The van der Waals surface area contributed by atoms with Gasteiger partial charge < -0.3 is 9.84 Å². The van der Waals surface area contributed by atoms with Crippen molar-refractivity contribution in [2.24, 2.45) is 4.99 Å². The zero-order valence-electron chi connectivity index (χ0n) is 11.1. The van der Waals surface area contributed by atoms with Gasteiger partial charge in [-0.25, -0.2) is 4.99 Å². The molecule has 1 aliphatic carbocycles. The van der Waals surface area contributed by atoms with Crippen LogP contribution in [0.2, 0.25) is 10.0 Å². The summed E-state index contributed by atoms with van der Waals surface area (Å²) in [7, 11) is 0. The Morgan fingerprint density at radius 2 is 1.71 bits per heavy atom. The number of carbonyl (C=O) groups is 1. The van der Waals surface area contributed by atoms with Crippen LogP contribution in [0.3, 0.4) is 0 Å². The van der Waals surface area contributed by atoms with E-state index in [1.165, 1.54) is 12.2 Å². The van der Waals surface area contributed by atoms with Crippen LogP contribution < -0.4 is 4.74 Å². The standard InChI is InChI=1S/C15H13Cl2NO3/c16-13-8-11(18-10-2-4-12(20)5-3-10)9-14(17)15(13)21-7-1-6-19/h2-5,8-9,19H,1,6-7H2. The maximum Gasteiger partial charge on any atom is 0.178 e. The summed E-state index contributed by atoms with van der Waals surface area (Å²) in [5, 5.41) is 9.42. The Morgan fingerprint density at radius 3 is 2.29 bits per heavy atom. The van der Waals surface area contributed by atoms with Crippen molar-refractivity contribution in [1.82, 2.24) is 0 Å². The van der Waals surface area contributed by atoms with Crippen LogP contribution in [-0.4, -0.2) is 29.8 Å². The largest absolute Gasteiger partial charge is 0.490 e. The smallest absolute Gasteiger partial charge is 0.178 e. The number of rotatable bonds is 5. The van der Waals surface area contributed by atoms with Crippen molar-refractivity contribution in [1.29, 1.82) is 0 Å². The molecule has 4 nitrogen and oxygen atoms in total. The van der Waals surface area contributed by atoms with Crippen molar-refractivity contribution in [3.8, 4) is 5.75 Å². The van der Waals surface area contributed by atoms with Crippen molar-refractivity contribution < 1.29 is 14.6 Å². The molecule has 0 aliphatic heterocycles. The lowest BCUT2D eigenvalue weighted by Crippen LogP contribution is -2.01. The first-order valence-electron chi connectivity index (χ1n) is 6.31. The van der Waals surface area contributed by atoms with Crippen LogP contribution in [0.4, 0.5) is 5.69 Å². The number of aliphatic hydroxyl groups is 1. The molecule has 0 spiro atoms. The molecule has 0 heterocycles. The third-order valence-electron chi connectivity index (χ3n) is 2.63. The first kappa shape index (κ1) is 15.8. The third kappa shape index (κ3) is 4.43. The normalized spacial score (nSPS) is 13.7. The van der Waals surface area contributed by atoms with E-state index in [1.54, 1.807) is 24.3 Å². The number of halogens is 2. The quantitative estimate of drug-likeness (QED) is 0.665. The number of hydrogen-bond donors (Lipinski definition) is 1. The molecule has 110 valence electrons. The van der Waals surface area contributed by atoms with Gasteiger partial charge in [0.25, 0.3) is 0 Å². The van der Waals surface area contributed by atoms with Crippen LogP contribution in [0, 0.1) is 0 Å². The van der Waals surface area contributed by atoms with Crippen molar-refractivity contribution in [2.45, 2.75) is 6.42 Å². The third-order valence-corrected chi connectivity index (χ3v) is 3.19. The van der Waals surface area contributed by atoms with Crippen molar-refractivity contribution >= 4 is 40.4 Å². The van der Waals surface area contributed by atoms with Gasteiger partial charge in [-0.1, -0.05) is 23.2 Å². The summed E-state index contributed by atoms with van der Waals surface area (Å²) in [5.74, 6) is 0.304. The highest BCUT2D eigenvalue weighted by Gasteiger charge is 2.10. The number of hydrogen-bond acceptors (Lipinski definition) is 4. The highest BCUT2D eigenvalue weighted by Crippen LogP contribution is 2.37. The van der Waals surface area contributed by atoms with Gasteiger partial charge in [-0.05, 0) is 36.4 Å². The summed E-state index contributed by atoms with van der Waals surface area (Å²) >= 11 is 12.2. The molecule has 21 heavy (non-hydrogen) atoms. The molecule has 1 aliphatic rings. The molecule has 0 fully saturated rings. The second kappa shape index (κ2) is 7.41. The Kier molecular flexibility index (Phi) is 5.56. The van der Waals surface area contributed by atoms with E-state index in [0.717, 1.165) is 0 Å². The topological polar surface area (TPSA) is 58.9 Å². The predicted octanol–water partition coefficient (Wildman–Crippen LogP) is 3.52. The summed E-state index contributed by atoms with van der Waals surface area (Å²) in [5.41, 5.74) is 1.20. The predicted molar refractivity (Wildman–Crippen MR) is 84.0 cm³/mol. The molecule has 0 unspecified atom stereocenters. The van der Waals surface area contributed by atoms with Crippen molar-refractivity contribution in [3.63, 3.8) is 0 Å². The number of aliphatic hydroxyl groups excluding tert-OH is 1. The molecular formula is C15H13Cl2NO3. The van der Waals surface area contributed by atoms with Gasteiger partial charge in [-0.3, -0.25) is 4.79 Å². The first-order valence-corrected chi connectivity index (χ1v) is 7.07. The molecule has 0 aromatic heterocycles. The van der Waals surface area contributed by atoms with E-state index in [4.69, 9.17) is 33.0 Å². The lowest BCUT2D eigenvalue weighted by molar-refractivity contribution is -0.110. The molecule has 0 atom stereocenters. The minimum Gasteiger partial charge on any atom is -0.490 e. The van der Waals surface area contributed by atoms with Gasteiger partial charge in [0.15, 0.2) is 11.5 Å². The van der Waals surface area contributed by atoms with E-state index >= 15 is 0 Å². The van der Waals surface area contributed by atoms with E-state index in [9.17, 15) is 4.79 Å². The Bertz CT molecular complexity index is 595. The van der Waals surface area contributed by atoms with Crippen LogP contribution in [0.25, 0.3) is 0 Å². The fourth-order valence-corrected chi connectivity index (χ4v) is 2.24. The van der Waals surface area contributed by atoms with Gasteiger partial charge in [0.1, 0.15) is 0 Å². The molecule has 0 bridgehead atoms. The van der Waals surface area contributed by atoms with Gasteiger partial charge in [-0.15, -0.1) is 0 Å². The minimum absolute atomic E-state index is 0.0400. The molecule has 6 heteroatoms. The summed E-state index contributed by atoms with van der Waals surface area (Å²) in [4.78, 5) is 15.4. The lowest BCUT2D eigenvalue weighted by atomic mass is 10.1. The van der Waals surface area contributed by atoms with Crippen molar-refractivity contribution in [2.75, 3.05) is 13.2 Å². The molecular weight excluding hydrogens is 313 g/mol. The van der Waals surface area contributed by atoms with E-state index < -0.39 is 0 Å². The van der Waals surface area contributed by atoms with E-state index in [2.05, 4.69) is 4.99 Å². The number of carbonyl (C=O) groups excluding carboxylic acids is 1. The zero-order chi connectivity index (χ0) is 15.2. The molecule has 1 aromatic rings. The molecule has 0 radical (unpaired) electrons. The van der Waals surface area contributed by atoms with Crippen LogP contribution in [0.15, 0.2) is 41.4 Å². The Hall–Kier alpha value is -1.62. The molecule has 0 saturated heterocycles. The maximum absolute atomic E-state index is 11.0. The Labute approximate surface area is 132 Å². The average molecular weight is 326 g/mol. The number of ether oxygens (including phenoxy) is 1. The minimum atomic E-state index is -0.0716. The van der Waals surface area contributed by atoms with Crippen molar-refractivity contribution in [3.05, 3.63) is 46.5 Å². The van der Waals surface area contributed by atoms with Crippen LogP contribution in [0.1, 0.15) is 6.42 Å². The highest BCUT2D eigenvalue weighted by atomic mass is 35.5. The second-order valence-corrected chi connectivity index (χ2v) is 5.08. The first-order chi connectivity index (χ1) is 10.1.